The normalized spacial score (nSPS) is 24.7. The zero-order valence-corrected chi connectivity index (χ0v) is 15.0. The minimum atomic E-state index is -4.84. The molecule has 0 unspecified atom stereocenters. The number of fused-ring (bicyclic) bond motifs is 1. The minimum absolute atomic E-state index is 0.0810. The maximum absolute atomic E-state index is 13.3. The molecule has 8 heteroatoms. The highest BCUT2D eigenvalue weighted by Crippen LogP contribution is 2.39. The third-order valence-corrected chi connectivity index (χ3v) is 5.34. The van der Waals surface area contributed by atoms with Crippen LogP contribution in [0.15, 0.2) is 23.3 Å². The quantitative estimate of drug-likeness (QED) is 0.819. The van der Waals surface area contributed by atoms with Crippen molar-refractivity contribution in [3.63, 3.8) is 0 Å². The van der Waals surface area contributed by atoms with E-state index in [-0.39, 0.29) is 10.6 Å². The monoisotopic (exact) mass is 388 g/mol. The van der Waals surface area contributed by atoms with Crippen LogP contribution >= 0.6 is 11.6 Å². The molecule has 1 aliphatic carbocycles. The Labute approximate surface area is 154 Å². The predicted molar refractivity (Wildman–Crippen MR) is 92.2 cm³/mol. The van der Waals surface area contributed by atoms with Gasteiger partial charge in [0.15, 0.2) is 6.10 Å². The molecule has 0 spiro atoms. The van der Waals surface area contributed by atoms with E-state index < -0.39 is 30.1 Å². The van der Waals surface area contributed by atoms with Crippen LogP contribution in [0.4, 0.5) is 13.2 Å². The highest BCUT2D eigenvalue weighted by atomic mass is 35.5. The Balaban J connectivity index is 2.00. The molecule has 4 nitrogen and oxygen atoms in total. The van der Waals surface area contributed by atoms with E-state index in [0.717, 1.165) is 29.8 Å². The summed E-state index contributed by atoms with van der Waals surface area (Å²) in [5.74, 6) is -1.30. The standard InChI is InChI=1S/C18H20ClF3N2O2/c1-10-7-8-11(13(19)9-10)17(26)24-15(16(25)18(20,21)22)12-5-3-2-4-6-14(12)23-24/h7-9,12,15-16,25H,2-6H2,1H3/t12-,15+,16+/m0/s1. The van der Waals surface area contributed by atoms with Gasteiger partial charge >= 0.3 is 6.18 Å². The Morgan fingerprint density at radius 1 is 1.35 bits per heavy atom. The summed E-state index contributed by atoms with van der Waals surface area (Å²) >= 11 is 6.12. The first-order chi connectivity index (χ1) is 12.2. The number of benzene rings is 1. The Morgan fingerprint density at radius 2 is 2.08 bits per heavy atom. The molecule has 1 aromatic carbocycles. The summed E-state index contributed by atoms with van der Waals surface area (Å²) in [6, 6.07) is 3.26. The zero-order valence-electron chi connectivity index (χ0n) is 14.3. The molecule has 1 aromatic rings. The van der Waals surface area contributed by atoms with Crippen molar-refractivity contribution in [1.29, 1.82) is 0 Å². The van der Waals surface area contributed by atoms with Crippen molar-refractivity contribution in [3.05, 3.63) is 34.3 Å². The van der Waals surface area contributed by atoms with Crippen LogP contribution in [-0.2, 0) is 0 Å². The van der Waals surface area contributed by atoms with Crippen LogP contribution in [0, 0.1) is 12.8 Å². The van der Waals surface area contributed by atoms with Gasteiger partial charge in [-0.05, 0) is 43.9 Å². The second kappa shape index (κ2) is 7.19. The van der Waals surface area contributed by atoms with Crippen LogP contribution in [0.2, 0.25) is 5.02 Å². The molecule has 0 radical (unpaired) electrons. The van der Waals surface area contributed by atoms with Crippen LogP contribution < -0.4 is 0 Å². The predicted octanol–water partition coefficient (Wildman–Crippen LogP) is 4.33. The fraction of sp³-hybridized carbons (Fsp3) is 0.556. The van der Waals surface area contributed by atoms with Gasteiger partial charge in [0.2, 0.25) is 0 Å². The van der Waals surface area contributed by atoms with Crippen molar-refractivity contribution in [1.82, 2.24) is 5.01 Å². The Morgan fingerprint density at radius 3 is 2.73 bits per heavy atom. The molecule has 0 bridgehead atoms. The number of alkyl halides is 3. The number of nitrogens with zero attached hydrogens (tertiary/aromatic N) is 2. The molecule has 0 saturated heterocycles. The molecule has 1 heterocycles. The summed E-state index contributed by atoms with van der Waals surface area (Å²) in [6.45, 7) is 1.80. The number of carbonyl (C=O) groups is 1. The van der Waals surface area contributed by atoms with Crippen molar-refractivity contribution in [2.24, 2.45) is 11.0 Å². The fourth-order valence-corrected chi connectivity index (χ4v) is 4.03. The number of aliphatic hydroxyl groups is 1. The largest absolute Gasteiger partial charge is 0.416 e. The fourth-order valence-electron chi connectivity index (χ4n) is 3.71. The topological polar surface area (TPSA) is 52.9 Å². The number of aryl methyl sites for hydroxylation is 1. The molecule has 3 rings (SSSR count). The van der Waals surface area contributed by atoms with Crippen LogP contribution in [0.3, 0.4) is 0 Å². The van der Waals surface area contributed by atoms with E-state index in [9.17, 15) is 23.1 Å². The summed E-state index contributed by atoms with van der Waals surface area (Å²) in [5, 5.41) is 15.1. The van der Waals surface area contributed by atoms with Crippen molar-refractivity contribution in [3.8, 4) is 0 Å². The molecule has 0 aromatic heterocycles. The van der Waals surface area contributed by atoms with E-state index in [2.05, 4.69) is 5.10 Å². The molecule has 1 fully saturated rings. The molecule has 26 heavy (non-hydrogen) atoms. The summed E-state index contributed by atoms with van der Waals surface area (Å²) in [5.41, 5.74) is 1.47. The number of hydrogen-bond donors (Lipinski definition) is 1. The third-order valence-electron chi connectivity index (χ3n) is 5.03. The minimum Gasteiger partial charge on any atom is -0.382 e. The molecular formula is C18H20ClF3N2O2. The molecule has 1 saturated carbocycles. The summed E-state index contributed by atoms with van der Waals surface area (Å²) in [6.07, 6.45) is -4.01. The van der Waals surface area contributed by atoms with Crippen LogP contribution in [0.5, 0.6) is 0 Å². The van der Waals surface area contributed by atoms with Gasteiger partial charge in [0.1, 0.15) is 0 Å². The maximum Gasteiger partial charge on any atom is 0.416 e. The van der Waals surface area contributed by atoms with E-state index >= 15 is 0 Å². The Hall–Kier alpha value is -1.60. The van der Waals surface area contributed by atoms with Gasteiger partial charge in [0, 0.05) is 11.6 Å². The molecule has 1 amide bonds. The Kier molecular flexibility index (Phi) is 5.30. The van der Waals surface area contributed by atoms with Crippen molar-refractivity contribution in [2.45, 2.75) is 57.3 Å². The lowest BCUT2D eigenvalue weighted by Gasteiger charge is -2.31. The van der Waals surface area contributed by atoms with E-state index in [1.54, 1.807) is 19.1 Å². The number of halogens is 4. The van der Waals surface area contributed by atoms with E-state index in [0.29, 0.717) is 18.6 Å². The molecule has 3 atom stereocenters. The average Bonchev–Trinajstić information content (AvgIpc) is 2.75. The number of rotatable bonds is 2. The van der Waals surface area contributed by atoms with E-state index in [1.807, 2.05) is 0 Å². The molecule has 142 valence electrons. The molecular weight excluding hydrogens is 369 g/mol. The van der Waals surface area contributed by atoms with Crippen LogP contribution in [0.1, 0.15) is 48.0 Å². The lowest BCUT2D eigenvalue weighted by Crippen LogP contribution is -2.51. The first-order valence-electron chi connectivity index (χ1n) is 8.62. The summed E-state index contributed by atoms with van der Waals surface area (Å²) < 4.78 is 39.8. The van der Waals surface area contributed by atoms with Gasteiger partial charge in [-0.2, -0.15) is 18.3 Å². The number of carbonyl (C=O) groups excluding carboxylic acids is 1. The first kappa shape index (κ1) is 19.2. The highest BCUT2D eigenvalue weighted by molar-refractivity contribution is 6.34. The van der Waals surface area contributed by atoms with Gasteiger partial charge in [-0.25, -0.2) is 5.01 Å². The highest BCUT2D eigenvalue weighted by Gasteiger charge is 2.53. The van der Waals surface area contributed by atoms with Gasteiger partial charge in [0.25, 0.3) is 5.91 Å². The Bertz CT molecular complexity index is 736. The summed E-state index contributed by atoms with van der Waals surface area (Å²) in [7, 11) is 0. The van der Waals surface area contributed by atoms with Gasteiger partial charge < -0.3 is 5.11 Å². The lowest BCUT2D eigenvalue weighted by atomic mass is 9.87. The van der Waals surface area contributed by atoms with Crippen molar-refractivity contribution < 1.29 is 23.1 Å². The number of aliphatic hydroxyl groups excluding tert-OH is 1. The van der Waals surface area contributed by atoms with Crippen molar-refractivity contribution >= 4 is 23.2 Å². The van der Waals surface area contributed by atoms with Crippen molar-refractivity contribution in [2.75, 3.05) is 0 Å². The second-order valence-corrected chi connectivity index (χ2v) is 7.31. The average molecular weight is 389 g/mol. The molecule has 1 aliphatic heterocycles. The van der Waals surface area contributed by atoms with Gasteiger partial charge in [-0.3, -0.25) is 4.79 Å². The summed E-state index contributed by atoms with van der Waals surface area (Å²) in [4.78, 5) is 12.9. The van der Waals surface area contributed by atoms with Gasteiger partial charge in [0.05, 0.1) is 16.6 Å². The van der Waals surface area contributed by atoms with Gasteiger partial charge in [-0.1, -0.05) is 30.5 Å². The first-order valence-corrected chi connectivity index (χ1v) is 9.00. The number of hydrazone groups is 1. The molecule has 1 N–H and O–H groups in total. The van der Waals surface area contributed by atoms with E-state index in [4.69, 9.17) is 11.6 Å². The number of hydrogen-bond acceptors (Lipinski definition) is 3. The number of amides is 1. The van der Waals surface area contributed by atoms with Crippen LogP contribution in [-0.4, -0.2) is 40.1 Å². The second-order valence-electron chi connectivity index (χ2n) is 6.91. The van der Waals surface area contributed by atoms with Gasteiger partial charge in [-0.15, -0.1) is 0 Å². The van der Waals surface area contributed by atoms with Crippen LogP contribution in [0.25, 0.3) is 0 Å². The maximum atomic E-state index is 13.3. The molecule has 2 aliphatic rings. The van der Waals surface area contributed by atoms with E-state index in [1.165, 1.54) is 6.07 Å². The lowest BCUT2D eigenvalue weighted by molar-refractivity contribution is -0.220. The SMILES string of the molecule is Cc1ccc(C(=O)N2N=C3CCCCC[C@@H]3[C@@H]2[C@@H](O)C(F)(F)F)c(Cl)c1. The third kappa shape index (κ3) is 3.60. The smallest absolute Gasteiger partial charge is 0.382 e. The zero-order chi connectivity index (χ0) is 19.1.